The Morgan fingerprint density at radius 1 is 1.10 bits per heavy atom. The summed E-state index contributed by atoms with van der Waals surface area (Å²) in [5.74, 6) is 0.0665. The molecule has 0 spiro atoms. The predicted octanol–water partition coefficient (Wildman–Crippen LogP) is 5.94. The molecule has 1 aromatic heterocycles. The van der Waals surface area contributed by atoms with Gasteiger partial charge in [0.05, 0.1) is 11.0 Å². The van der Waals surface area contributed by atoms with E-state index < -0.39 is 11.9 Å². The Morgan fingerprint density at radius 3 is 2.55 bits per heavy atom. The third-order valence-electron chi connectivity index (χ3n) is 4.13. The fourth-order valence-electron chi connectivity index (χ4n) is 2.74. The molecule has 3 amide bonds. The molecule has 0 atom stereocenters. The minimum Gasteiger partial charge on any atom is -0.449 e. The molecule has 1 N–H and O–H groups in total. The zero-order valence-electron chi connectivity index (χ0n) is 14.9. The molecular formula is C21H14BrClN2O3S. The number of furan rings is 1. The topological polar surface area (TPSA) is 62.6 Å². The monoisotopic (exact) mass is 488 g/mol. The van der Waals surface area contributed by atoms with Gasteiger partial charge in [-0.2, -0.15) is 0 Å². The van der Waals surface area contributed by atoms with E-state index in [0.717, 1.165) is 14.9 Å². The number of carbonyl (C=O) groups is 2. The zero-order chi connectivity index (χ0) is 20.4. The fraction of sp³-hybridized carbons (Fsp3) is 0.0476. The van der Waals surface area contributed by atoms with Gasteiger partial charge in [0, 0.05) is 16.0 Å². The highest BCUT2D eigenvalue weighted by molar-refractivity contribution is 9.10. The van der Waals surface area contributed by atoms with E-state index in [-0.39, 0.29) is 12.2 Å². The third-order valence-corrected chi connectivity index (χ3v) is 6.23. The second kappa shape index (κ2) is 8.49. The van der Waals surface area contributed by atoms with E-state index in [1.54, 1.807) is 18.2 Å². The molecule has 146 valence electrons. The number of hydrogen-bond donors (Lipinski definition) is 1. The first kappa shape index (κ1) is 19.8. The average molecular weight is 490 g/mol. The first-order chi connectivity index (χ1) is 14.0. The van der Waals surface area contributed by atoms with Gasteiger partial charge in [-0.3, -0.25) is 9.69 Å². The standard InChI is InChI=1S/C21H14BrClN2O3S/c22-17-10-15(28-20(17)29-16-8-6-14(23)7-9-16)11-18-19(26)25(21(27)24-18)12-13-4-2-1-3-5-13/h1-11H,12H2,(H,24,27)/b18-11+. The van der Waals surface area contributed by atoms with Crippen molar-refractivity contribution in [1.82, 2.24) is 10.2 Å². The van der Waals surface area contributed by atoms with Crippen LogP contribution >= 0.6 is 39.3 Å². The molecule has 1 aliphatic heterocycles. The molecular weight excluding hydrogens is 476 g/mol. The van der Waals surface area contributed by atoms with E-state index >= 15 is 0 Å². The molecule has 2 aromatic carbocycles. The third kappa shape index (κ3) is 4.58. The maximum atomic E-state index is 12.6. The SMILES string of the molecule is O=C1N/C(=C/c2cc(Br)c(Sc3ccc(Cl)cc3)o2)C(=O)N1Cc1ccccc1. The van der Waals surface area contributed by atoms with Crippen molar-refractivity contribution in [3.05, 3.63) is 87.2 Å². The van der Waals surface area contributed by atoms with Crippen molar-refractivity contribution in [3.63, 3.8) is 0 Å². The summed E-state index contributed by atoms with van der Waals surface area (Å²) in [5.41, 5.74) is 1.05. The zero-order valence-corrected chi connectivity index (χ0v) is 18.1. The van der Waals surface area contributed by atoms with Gasteiger partial charge < -0.3 is 9.73 Å². The first-order valence-electron chi connectivity index (χ1n) is 8.61. The van der Waals surface area contributed by atoms with Crippen LogP contribution in [0.4, 0.5) is 4.79 Å². The Hall–Kier alpha value is -2.48. The minimum atomic E-state index is -0.452. The Balaban J connectivity index is 1.51. The van der Waals surface area contributed by atoms with Crippen LogP contribution in [0.5, 0.6) is 0 Å². The van der Waals surface area contributed by atoms with Gasteiger partial charge in [-0.1, -0.05) is 53.7 Å². The highest BCUT2D eigenvalue weighted by atomic mass is 79.9. The number of carbonyl (C=O) groups excluding carboxylic acids is 2. The molecule has 8 heteroatoms. The number of urea groups is 1. The lowest BCUT2D eigenvalue weighted by molar-refractivity contribution is -0.123. The van der Waals surface area contributed by atoms with Gasteiger partial charge in [0.25, 0.3) is 5.91 Å². The van der Waals surface area contributed by atoms with Crippen LogP contribution in [0.15, 0.2) is 85.2 Å². The number of halogens is 2. The maximum absolute atomic E-state index is 12.6. The molecule has 1 fully saturated rings. The summed E-state index contributed by atoms with van der Waals surface area (Å²) in [5, 5.41) is 3.91. The van der Waals surface area contributed by atoms with Gasteiger partial charge >= 0.3 is 6.03 Å². The molecule has 0 radical (unpaired) electrons. The van der Waals surface area contributed by atoms with Gasteiger partial charge in [-0.25, -0.2) is 4.79 Å². The lowest BCUT2D eigenvalue weighted by atomic mass is 10.2. The van der Waals surface area contributed by atoms with Crippen molar-refractivity contribution in [2.45, 2.75) is 16.5 Å². The highest BCUT2D eigenvalue weighted by Crippen LogP contribution is 2.37. The Morgan fingerprint density at radius 2 is 1.83 bits per heavy atom. The number of imide groups is 1. The van der Waals surface area contributed by atoms with Crippen molar-refractivity contribution >= 4 is 57.3 Å². The number of nitrogens with one attached hydrogen (secondary N) is 1. The summed E-state index contributed by atoms with van der Waals surface area (Å²) in [6, 6.07) is 18.0. The molecule has 0 aliphatic carbocycles. The van der Waals surface area contributed by atoms with Crippen LogP contribution < -0.4 is 5.32 Å². The second-order valence-electron chi connectivity index (χ2n) is 6.21. The summed E-state index contributed by atoms with van der Waals surface area (Å²) >= 11 is 10.8. The second-order valence-corrected chi connectivity index (χ2v) is 8.54. The van der Waals surface area contributed by atoms with Crippen LogP contribution in [0.1, 0.15) is 11.3 Å². The average Bonchev–Trinajstić information content (AvgIpc) is 3.18. The molecule has 0 saturated carbocycles. The van der Waals surface area contributed by atoms with Gasteiger partial charge in [0.2, 0.25) is 0 Å². The summed E-state index contributed by atoms with van der Waals surface area (Å²) in [6.07, 6.45) is 1.53. The van der Waals surface area contributed by atoms with E-state index in [1.165, 1.54) is 22.7 Å². The van der Waals surface area contributed by atoms with E-state index in [9.17, 15) is 9.59 Å². The van der Waals surface area contributed by atoms with E-state index in [4.69, 9.17) is 16.0 Å². The largest absolute Gasteiger partial charge is 0.449 e. The van der Waals surface area contributed by atoms with Gasteiger partial charge in [0.1, 0.15) is 11.5 Å². The smallest absolute Gasteiger partial charge is 0.329 e. The highest BCUT2D eigenvalue weighted by Gasteiger charge is 2.33. The van der Waals surface area contributed by atoms with Gasteiger partial charge in [-0.15, -0.1) is 0 Å². The van der Waals surface area contributed by atoms with E-state index in [0.29, 0.717) is 15.9 Å². The van der Waals surface area contributed by atoms with Crippen LogP contribution in [0.2, 0.25) is 5.02 Å². The number of benzene rings is 2. The van der Waals surface area contributed by atoms with Crippen molar-refractivity contribution in [2.24, 2.45) is 0 Å². The lowest BCUT2D eigenvalue weighted by Crippen LogP contribution is -2.30. The van der Waals surface area contributed by atoms with Crippen LogP contribution in [0.3, 0.4) is 0 Å². The Bertz CT molecular complexity index is 1100. The molecule has 3 aromatic rings. The molecule has 2 heterocycles. The van der Waals surface area contributed by atoms with Crippen LogP contribution in [-0.4, -0.2) is 16.8 Å². The molecule has 5 nitrogen and oxygen atoms in total. The molecule has 29 heavy (non-hydrogen) atoms. The van der Waals surface area contributed by atoms with Gasteiger partial charge in [-0.05, 0) is 51.8 Å². The van der Waals surface area contributed by atoms with Crippen LogP contribution in [-0.2, 0) is 11.3 Å². The normalized spacial score (nSPS) is 15.2. The summed E-state index contributed by atoms with van der Waals surface area (Å²) in [6.45, 7) is 0.211. The summed E-state index contributed by atoms with van der Waals surface area (Å²) in [7, 11) is 0. The molecule has 1 saturated heterocycles. The molecule has 4 rings (SSSR count). The van der Waals surface area contributed by atoms with Crippen molar-refractivity contribution in [2.75, 3.05) is 0 Å². The van der Waals surface area contributed by atoms with Crippen molar-refractivity contribution in [3.8, 4) is 0 Å². The van der Waals surface area contributed by atoms with E-state index in [2.05, 4.69) is 21.2 Å². The van der Waals surface area contributed by atoms with Crippen LogP contribution in [0, 0.1) is 0 Å². The van der Waals surface area contributed by atoms with Gasteiger partial charge in [0.15, 0.2) is 5.09 Å². The lowest BCUT2D eigenvalue weighted by Gasteiger charge is -2.11. The molecule has 1 aliphatic rings. The van der Waals surface area contributed by atoms with Crippen molar-refractivity contribution in [1.29, 1.82) is 0 Å². The number of hydrogen-bond acceptors (Lipinski definition) is 4. The number of nitrogens with zero attached hydrogens (tertiary/aromatic N) is 1. The fourth-order valence-corrected chi connectivity index (χ4v) is 4.20. The summed E-state index contributed by atoms with van der Waals surface area (Å²) in [4.78, 5) is 27.0. The molecule has 0 unspecified atom stereocenters. The van der Waals surface area contributed by atoms with E-state index in [1.807, 2.05) is 42.5 Å². The number of rotatable bonds is 5. The number of amides is 3. The molecule has 0 bridgehead atoms. The predicted molar refractivity (Wildman–Crippen MR) is 115 cm³/mol. The Kier molecular flexibility index (Phi) is 5.80. The quantitative estimate of drug-likeness (QED) is 0.356. The maximum Gasteiger partial charge on any atom is 0.329 e. The summed E-state index contributed by atoms with van der Waals surface area (Å²) < 4.78 is 6.58. The first-order valence-corrected chi connectivity index (χ1v) is 10.6. The van der Waals surface area contributed by atoms with Crippen LogP contribution in [0.25, 0.3) is 6.08 Å². The minimum absolute atomic E-state index is 0.176. The Labute approximate surface area is 184 Å². The van der Waals surface area contributed by atoms with Crippen molar-refractivity contribution < 1.29 is 14.0 Å².